The van der Waals surface area contributed by atoms with Crippen LogP contribution in [0.3, 0.4) is 0 Å². The lowest BCUT2D eigenvalue weighted by Gasteiger charge is -2.28. The van der Waals surface area contributed by atoms with E-state index in [4.69, 9.17) is 5.11 Å². The van der Waals surface area contributed by atoms with Crippen LogP contribution in [0.5, 0.6) is 0 Å². The fraction of sp³-hybridized carbons (Fsp3) is 0.667. The number of nitrogens with zero attached hydrogens (tertiary/aromatic N) is 1. The summed E-state index contributed by atoms with van der Waals surface area (Å²) >= 11 is 1.38. The van der Waals surface area contributed by atoms with Gasteiger partial charge in [0.2, 0.25) is 0 Å². The van der Waals surface area contributed by atoms with Gasteiger partial charge in [0, 0.05) is 11.4 Å². The average molecular weight is 254 g/mol. The van der Waals surface area contributed by atoms with Crippen molar-refractivity contribution in [2.75, 3.05) is 5.32 Å². The molecule has 0 saturated heterocycles. The monoisotopic (exact) mass is 254 g/mol. The number of rotatable bonds is 4. The van der Waals surface area contributed by atoms with Crippen LogP contribution < -0.4 is 5.32 Å². The third-order valence-electron chi connectivity index (χ3n) is 3.48. The van der Waals surface area contributed by atoms with E-state index in [1.54, 1.807) is 5.38 Å². The molecule has 1 aromatic heterocycles. The van der Waals surface area contributed by atoms with Gasteiger partial charge in [0.05, 0.1) is 0 Å². The molecule has 0 atom stereocenters. The number of carboxylic acid groups (broad SMARTS) is 1. The average Bonchev–Trinajstić information content (AvgIpc) is 2.79. The molecular formula is C12H18N2O2S. The third kappa shape index (κ3) is 3.19. The van der Waals surface area contributed by atoms with Crippen molar-refractivity contribution in [2.45, 2.75) is 45.1 Å². The van der Waals surface area contributed by atoms with Gasteiger partial charge in [-0.15, -0.1) is 11.3 Å². The molecule has 5 heteroatoms. The summed E-state index contributed by atoms with van der Waals surface area (Å²) in [5.41, 5.74) is 0.139. The number of hydrogen-bond donors (Lipinski definition) is 2. The van der Waals surface area contributed by atoms with Crippen LogP contribution in [-0.2, 0) is 0 Å². The molecule has 1 aliphatic rings. The lowest BCUT2D eigenvalue weighted by molar-refractivity contribution is 0.0691. The summed E-state index contributed by atoms with van der Waals surface area (Å²) in [5.74, 6) is -0.0806. The van der Waals surface area contributed by atoms with Gasteiger partial charge in [-0.2, -0.15) is 0 Å². The smallest absolute Gasteiger partial charge is 0.355 e. The van der Waals surface area contributed by atoms with Crippen LogP contribution in [0.4, 0.5) is 5.13 Å². The highest BCUT2D eigenvalue weighted by Gasteiger charge is 2.20. The lowest BCUT2D eigenvalue weighted by atomic mass is 9.85. The molecule has 1 aromatic rings. The van der Waals surface area contributed by atoms with Crippen molar-refractivity contribution in [3.63, 3.8) is 0 Å². The minimum absolute atomic E-state index is 0.139. The van der Waals surface area contributed by atoms with Gasteiger partial charge in [0.1, 0.15) is 0 Å². The van der Waals surface area contributed by atoms with Crippen LogP contribution in [0.15, 0.2) is 5.38 Å². The predicted molar refractivity (Wildman–Crippen MR) is 68.7 cm³/mol. The van der Waals surface area contributed by atoms with Gasteiger partial charge < -0.3 is 10.4 Å². The number of aromatic carboxylic acids is 1. The lowest BCUT2D eigenvalue weighted by Crippen LogP contribution is -2.25. The molecule has 17 heavy (non-hydrogen) atoms. The first-order valence-corrected chi connectivity index (χ1v) is 7.02. The molecule has 2 N–H and O–H groups in total. The van der Waals surface area contributed by atoms with Crippen LogP contribution in [0.2, 0.25) is 0 Å². The number of carbonyl (C=O) groups is 1. The SMILES string of the molecule is CCC1CCC(Nc2nc(C(=O)O)cs2)CC1. The summed E-state index contributed by atoms with van der Waals surface area (Å²) in [6.07, 6.45) is 6.14. The molecule has 0 amide bonds. The number of hydrogen-bond acceptors (Lipinski definition) is 4. The Morgan fingerprint density at radius 1 is 1.53 bits per heavy atom. The van der Waals surface area contributed by atoms with Crippen molar-refractivity contribution in [3.05, 3.63) is 11.1 Å². The van der Waals surface area contributed by atoms with Crippen LogP contribution >= 0.6 is 11.3 Å². The summed E-state index contributed by atoms with van der Waals surface area (Å²) in [7, 11) is 0. The third-order valence-corrected chi connectivity index (χ3v) is 4.25. The summed E-state index contributed by atoms with van der Waals surface area (Å²) in [6.45, 7) is 2.25. The van der Waals surface area contributed by atoms with Gasteiger partial charge in [-0.3, -0.25) is 0 Å². The Bertz CT molecular complexity index is 384. The first kappa shape index (κ1) is 12.4. The fourth-order valence-corrected chi connectivity index (χ4v) is 3.09. The molecule has 0 unspecified atom stereocenters. The van der Waals surface area contributed by atoms with Crippen molar-refractivity contribution < 1.29 is 9.90 Å². The standard InChI is InChI=1S/C12H18N2O2S/c1-2-8-3-5-9(6-4-8)13-12-14-10(7-17-12)11(15)16/h7-9H,2-6H2,1H3,(H,13,14)(H,15,16). The van der Waals surface area contributed by atoms with Crippen molar-refractivity contribution >= 4 is 22.4 Å². The highest BCUT2D eigenvalue weighted by molar-refractivity contribution is 7.13. The molecule has 4 nitrogen and oxygen atoms in total. The summed E-state index contributed by atoms with van der Waals surface area (Å²) < 4.78 is 0. The van der Waals surface area contributed by atoms with Crippen LogP contribution in [0, 0.1) is 5.92 Å². The van der Waals surface area contributed by atoms with E-state index in [1.165, 1.54) is 43.4 Å². The van der Waals surface area contributed by atoms with Crippen LogP contribution in [0.1, 0.15) is 49.5 Å². The first-order chi connectivity index (χ1) is 8.19. The maximum absolute atomic E-state index is 10.7. The number of carboxylic acids is 1. The summed E-state index contributed by atoms with van der Waals surface area (Å²) in [4.78, 5) is 14.8. The van der Waals surface area contributed by atoms with E-state index in [2.05, 4.69) is 17.2 Å². The number of thiazole rings is 1. The molecule has 2 rings (SSSR count). The normalized spacial score (nSPS) is 24.5. The Labute approximate surface area is 105 Å². The molecule has 1 aliphatic carbocycles. The molecular weight excluding hydrogens is 236 g/mol. The molecule has 0 bridgehead atoms. The second-order valence-electron chi connectivity index (χ2n) is 4.61. The fourth-order valence-electron chi connectivity index (χ4n) is 2.33. The quantitative estimate of drug-likeness (QED) is 0.866. The highest BCUT2D eigenvalue weighted by atomic mass is 32.1. The van der Waals surface area contributed by atoms with E-state index in [1.807, 2.05) is 0 Å². The van der Waals surface area contributed by atoms with Crippen molar-refractivity contribution in [3.8, 4) is 0 Å². The topological polar surface area (TPSA) is 62.2 Å². The molecule has 0 spiro atoms. The van der Waals surface area contributed by atoms with Crippen LogP contribution in [-0.4, -0.2) is 22.1 Å². The zero-order valence-corrected chi connectivity index (χ0v) is 10.8. The number of nitrogens with one attached hydrogen (secondary N) is 1. The Balaban J connectivity index is 1.86. The Morgan fingerprint density at radius 3 is 2.76 bits per heavy atom. The minimum atomic E-state index is -0.955. The van der Waals surface area contributed by atoms with Crippen molar-refractivity contribution in [1.29, 1.82) is 0 Å². The van der Waals surface area contributed by atoms with Gasteiger partial charge >= 0.3 is 5.97 Å². The second-order valence-corrected chi connectivity index (χ2v) is 5.47. The molecule has 94 valence electrons. The number of aromatic nitrogens is 1. The zero-order valence-electron chi connectivity index (χ0n) is 9.98. The zero-order chi connectivity index (χ0) is 12.3. The maximum atomic E-state index is 10.7. The van der Waals surface area contributed by atoms with Gasteiger partial charge in [0.15, 0.2) is 10.8 Å². The largest absolute Gasteiger partial charge is 0.476 e. The van der Waals surface area contributed by atoms with Gasteiger partial charge in [-0.25, -0.2) is 9.78 Å². The van der Waals surface area contributed by atoms with E-state index < -0.39 is 5.97 Å². The molecule has 1 heterocycles. The van der Waals surface area contributed by atoms with Gasteiger partial charge in [-0.05, 0) is 31.6 Å². The highest BCUT2D eigenvalue weighted by Crippen LogP contribution is 2.29. The van der Waals surface area contributed by atoms with E-state index in [9.17, 15) is 4.79 Å². The van der Waals surface area contributed by atoms with Crippen molar-refractivity contribution in [2.24, 2.45) is 5.92 Å². The Kier molecular flexibility index (Phi) is 3.99. The van der Waals surface area contributed by atoms with Gasteiger partial charge in [-0.1, -0.05) is 13.3 Å². The van der Waals surface area contributed by atoms with Crippen LogP contribution in [0.25, 0.3) is 0 Å². The molecule has 0 aromatic carbocycles. The van der Waals surface area contributed by atoms with E-state index >= 15 is 0 Å². The molecule has 1 fully saturated rings. The minimum Gasteiger partial charge on any atom is -0.476 e. The van der Waals surface area contributed by atoms with E-state index in [0.29, 0.717) is 6.04 Å². The predicted octanol–water partition coefficient (Wildman–Crippen LogP) is 3.22. The van der Waals surface area contributed by atoms with Gasteiger partial charge in [0.25, 0.3) is 0 Å². The molecule has 1 saturated carbocycles. The Morgan fingerprint density at radius 2 is 2.24 bits per heavy atom. The van der Waals surface area contributed by atoms with E-state index in [0.717, 1.165) is 11.0 Å². The maximum Gasteiger partial charge on any atom is 0.355 e. The van der Waals surface area contributed by atoms with Crippen molar-refractivity contribution in [1.82, 2.24) is 4.98 Å². The van der Waals surface area contributed by atoms with E-state index in [-0.39, 0.29) is 5.69 Å². The summed E-state index contributed by atoms with van der Waals surface area (Å²) in [5, 5.41) is 14.5. The Hall–Kier alpha value is -1.10. The second kappa shape index (κ2) is 5.49. The molecule has 0 radical (unpaired) electrons. The molecule has 0 aliphatic heterocycles. The first-order valence-electron chi connectivity index (χ1n) is 6.14. The number of anilines is 1. The summed E-state index contributed by atoms with van der Waals surface area (Å²) in [6, 6.07) is 0.464.